The molecule has 0 fully saturated rings. The van der Waals surface area contributed by atoms with Crippen molar-refractivity contribution in [1.82, 2.24) is 15.1 Å². The van der Waals surface area contributed by atoms with Gasteiger partial charge in [0.1, 0.15) is 11.9 Å². The van der Waals surface area contributed by atoms with Crippen LogP contribution in [0.3, 0.4) is 0 Å². The molecule has 7 nitrogen and oxygen atoms in total. The van der Waals surface area contributed by atoms with Crippen molar-refractivity contribution in [3.63, 3.8) is 0 Å². The smallest absolute Gasteiger partial charge is 0.261 e. The summed E-state index contributed by atoms with van der Waals surface area (Å²) in [5, 5.41) is 2.68. The van der Waals surface area contributed by atoms with E-state index in [0.29, 0.717) is 23.2 Å². The summed E-state index contributed by atoms with van der Waals surface area (Å²) in [7, 11) is 0. The summed E-state index contributed by atoms with van der Waals surface area (Å²) in [6, 6.07) is 11.9. The largest absolute Gasteiger partial charge is 0.355 e. The van der Waals surface area contributed by atoms with Gasteiger partial charge in [-0.25, -0.2) is 4.39 Å². The van der Waals surface area contributed by atoms with Crippen LogP contribution in [0.2, 0.25) is 0 Å². The number of halogens is 1. The minimum Gasteiger partial charge on any atom is -0.355 e. The SMILES string of the molecule is CCNC(=O)C(C)N(Cc1ccccc1F)C(=O)CCCN1C(=O)c2ccccc2C1=O. The summed E-state index contributed by atoms with van der Waals surface area (Å²) in [5.74, 6) is -1.91. The average molecular weight is 439 g/mol. The Morgan fingerprint density at radius 3 is 2.22 bits per heavy atom. The normalized spacial score (nSPS) is 13.7. The highest BCUT2D eigenvalue weighted by Crippen LogP contribution is 2.23. The fourth-order valence-corrected chi connectivity index (χ4v) is 3.69. The van der Waals surface area contributed by atoms with Crippen LogP contribution in [0.15, 0.2) is 48.5 Å². The van der Waals surface area contributed by atoms with Crippen molar-refractivity contribution >= 4 is 23.6 Å². The molecule has 1 unspecified atom stereocenters. The minimum absolute atomic E-state index is 0.00556. The zero-order valence-electron chi connectivity index (χ0n) is 18.1. The van der Waals surface area contributed by atoms with Gasteiger partial charge >= 0.3 is 0 Å². The lowest BCUT2D eigenvalue weighted by molar-refractivity contribution is -0.140. The first-order chi connectivity index (χ1) is 15.3. The first kappa shape index (κ1) is 23.1. The number of fused-ring (bicyclic) bond motifs is 1. The molecule has 0 saturated heterocycles. The number of amides is 4. The van der Waals surface area contributed by atoms with E-state index in [9.17, 15) is 23.6 Å². The fraction of sp³-hybridized carbons (Fsp3) is 0.333. The summed E-state index contributed by atoms with van der Waals surface area (Å²) in [6.45, 7) is 3.80. The van der Waals surface area contributed by atoms with Crippen LogP contribution in [0.5, 0.6) is 0 Å². The van der Waals surface area contributed by atoms with Gasteiger partial charge in [0.05, 0.1) is 11.1 Å². The van der Waals surface area contributed by atoms with Gasteiger partial charge in [-0.05, 0) is 38.5 Å². The van der Waals surface area contributed by atoms with E-state index in [4.69, 9.17) is 0 Å². The maximum Gasteiger partial charge on any atom is 0.261 e. The molecule has 0 radical (unpaired) electrons. The number of hydrogen-bond acceptors (Lipinski definition) is 4. The summed E-state index contributed by atoms with van der Waals surface area (Å²) in [6.07, 6.45) is 0.242. The second-order valence-electron chi connectivity index (χ2n) is 7.59. The molecule has 1 N–H and O–H groups in total. The number of nitrogens with one attached hydrogen (secondary N) is 1. The Bertz CT molecular complexity index is 1000. The van der Waals surface area contributed by atoms with Crippen LogP contribution in [-0.2, 0) is 16.1 Å². The van der Waals surface area contributed by atoms with Gasteiger partial charge in [-0.2, -0.15) is 0 Å². The molecule has 1 aliphatic heterocycles. The second kappa shape index (κ2) is 10.2. The van der Waals surface area contributed by atoms with Gasteiger partial charge in [-0.1, -0.05) is 30.3 Å². The first-order valence-corrected chi connectivity index (χ1v) is 10.6. The van der Waals surface area contributed by atoms with Gasteiger partial charge < -0.3 is 10.2 Å². The first-order valence-electron chi connectivity index (χ1n) is 10.6. The molecule has 4 amide bonds. The number of rotatable bonds is 9. The molecule has 168 valence electrons. The molecule has 3 rings (SSSR count). The molecule has 2 aromatic carbocycles. The van der Waals surface area contributed by atoms with Crippen LogP contribution >= 0.6 is 0 Å². The molecular weight excluding hydrogens is 413 g/mol. The van der Waals surface area contributed by atoms with Crippen molar-refractivity contribution in [2.45, 2.75) is 39.3 Å². The monoisotopic (exact) mass is 439 g/mol. The lowest BCUT2D eigenvalue weighted by atomic mass is 10.1. The van der Waals surface area contributed by atoms with E-state index < -0.39 is 11.9 Å². The predicted octanol–water partition coefficient (Wildman–Crippen LogP) is 2.76. The molecule has 0 bridgehead atoms. The summed E-state index contributed by atoms with van der Waals surface area (Å²) in [5.41, 5.74) is 1.02. The molecule has 1 atom stereocenters. The third-order valence-electron chi connectivity index (χ3n) is 5.47. The van der Waals surface area contributed by atoms with Crippen LogP contribution in [0.4, 0.5) is 4.39 Å². The number of nitrogens with zero attached hydrogens (tertiary/aromatic N) is 2. The van der Waals surface area contributed by atoms with Gasteiger partial charge in [0, 0.05) is 31.6 Å². The summed E-state index contributed by atoms with van der Waals surface area (Å²) in [4.78, 5) is 52.8. The molecule has 0 aromatic heterocycles. The standard InChI is InChI=1S/C24H26FN3O4/c1-3-26-22(30)16(2)28(15-17-9-4-7-12-20(17)25)21(29)13-8-14-27-23(31)18-10-5-6-11-19(18)24(27)32/h4-7,9-12,16H,3,8,13-15H2,1-2H3,(H,26,30). The number of carbonyl (C=O) groups excluding carboxylic acids is 4. The Kier molecular flexibility index (Phi) is 7.35. The van der Waals surface area contributed by atoms with Gasteiger partial charge in [0.25, 0.3) is 11.8 Å². The fourth-order valence-electron chi connectivity index (χ4n) is 3.69. The third-order valence-corrected chi connectivity index (χ3v) is 5.47. The van der Waals surface area contributed by atoms with Crippen molar-refractivity contribution < 1.29 is 23.6 Å². The Labute approximate surface area is 186 Å². The predicted molar refractivity (Wildman–Crippen MR) is 116 cm³/mol. The average Bonchev–Trinajstić information content (AvgIpc) is 3.03. The molecule has 2 aromatic rings. The van der Waals surface area contributed by atoms with E-state index in [1.165, 1.54) is 11.0 Å². The van der Waals surface area contributed by atoms with E-state index in [2.05, 4.69) is 5.32 Å². The molecule has 0 saturated carbocycles. The van der Waals surface area contributed by atoms with E-state index >= 15 is 0 Å². The highest BCUT2D eigenvalue weighted by Gasteiger charge is 2.35. The lowest BCUT2D eigenvalue weighted by Gasteiger charge is -2.29. The molecule has 8 heteroatoms. The lowest BCUT2D eigenvalue weighted by Crippen LogP contribution is -2.47. The van der Waals surface area contributed by atoms with Crippen LogP contribution in [0.1, 0.15) is 53.0 Å². The van der Waals surface area contributed by atoms with Gasteiger partial charge in [0.15, 0.2) is 0 Å². The molecule has 0 aliphatic carbocycles. The van der Waals surface area contributed by atoms with Crippen molar-refractivity contribution in [2.75, 3.05) is 13.1 Å². The third kappa shape index (κ3) is 4.85. The van der Waals surface area contributed by atoms with E-state index in [1.54, 1.807) is 56.3 Å². The quantitative estimate of drug-likeness (QED) is 0.609. The van der Waals surface area contributed by atoms with Gasteiger partial charge in [-0.15, -0.1) is 0 Å². The van der Waals surface area contributed by atoms with E-state index in [0.717, 1.165) is 4.90 Å². The zero-order chi connectivity index (χ0) is 23.3. The number of likely N-dealkylation sites (N-methyl/N-ethyl adjacent to an activating group) is 1. The Morgan fingerprint density at radius 2 is 1.62 bits per heavy atom. The second-order valence-corrected chi connectivity index (χ2v) is 7.59. The zero-order valence-corrected chi connectivity index (χ0v) is 18.1. The molecular formula is C24H26FN3O4. The molecule has 0 spiro atoms. The number of carbonyl (C=O) groups is 4. The van der Waals surface area contributed by atoms with Crippen LogP contribution in [0, 0.1) is 5.82 Å². The Hall–Kier alpha value is -3.55. The Morgan fingerprint density at radius 1 is 1.03 bits per heavy atom. The Balaban J connectivity index is 1.67. The number of imide groups is 1. The minimum atomic E-state index is -0.804. The van der Waals surface area contributed by atoms with Crippen LogP contribution < -0.4 is 5.32 Å². The number of hydrogen-bond donors (Lipinski definition) is 1. The molecule has 1 heterocycles. The maximum atomic E-state index is 14.2. The van der Waals surface area contributed by atoms with Gasteiger partial charge in [0.2, 0.25) is 11.8 Å². The van der Waals surface area contributed by atoms with Gasteiger partial charge in [-0.3, -0.25) is 24.1 Å². The van der Waals surface area contributed by atoms with Crippen LogP contribution in [-0.4, -0.2) is 52.6 Å². The van der Waals surface area contributed by atoms with Crippen LogP contribution in [0.25, 0.3) is 0 Å². The van der Waals surface area contributed by atoms with Crippen molar-refractivity contribution in [3.8, 4) is 0 Å². The highest BCUT2D eigenvalue weighted by atomic mass is 19.1. The topological polar surface area (TPSA) is 86.8 Å². The maximum absolute atomic E-state index is 14.2. The summed E-state index contributed by atoms with van der Waals surface area (Å²) < 4.78 is 14.2. The van der Waals surface area contributed by atoms with E-state index in [-0.39, 0.29) is 49.6 Å². The summed E-state index contributed by atoms with van der Waals surface area (Å²) >= 11 is 0. The van der Waals surface area contributed by atoms with Crippen molar-refractivity contribution in [3.05, 3.63) is 71.0 Å². The number of benzene rings is 2. The van der Waals surface area contributed by atoms with E-state index in [1.807, 2.05) is 0 Å². The van der Waals surface area contributed by atoms with Crippen molar-refractivity contribution in [2.24, 2.45) is 0 Å². The molecule has 1 aliphatic rings. The molecule has 32 heavy (non-hydrogen) atoms. The van der Waals surface area contributed by atoms with Crippen molar-refractivity contribution in [1.29, 1.82) is 0 Å². The highest BCUT2D eigenvalue weighted by molar-refractivity contribution is 6.21.